The lowest BCUT2D eigenvalue weighted by atomic mass is 10.2. The van der Waals surface area contributed by atoms with Gasteiger partial charge in [0.15, 0.2) is 0 Å². The molecule has 0 atom stereocenters. The van der Waals surface area contributed by atoms with Gasteiger partial charge in [0.2, 0.25) is 11.7 Å². The molecule has 0 bridgehead atoms. The predicted molar refractivity (Wildman–Crippen MR) is 117 cm³/mol. The number of ether oxygens (including phenoxy) is 1. The van der Waals surface area contributed by atoms with Crippen LogP contribution in [0, 0.1) is 0 Å². The van der Waals surface area contributed by atoms with Crippen LogP contribution in [-0.2, 0) is 22.3 Å². The largest absolute Gasteiger partial charge is 0.471 e. The summed E-state index contributed by atoms with van der Waals surface area (Å²) < 4.78 is 45.8. The molecule has 0 saturated heterocycles. The van der Waals surface area contributed by atoms with Gasteiger partial charge in [0, 0.05) is 27.0 Å². The normalized spacial score (nSPS) is 10.2. The van der Waals surface area contributed by atoms with Crippen LogP contribution in [0.25, 0.3) is 11.5 Å². The molecule has 0 aliphatic rings. The van der Waals surface area contributed by atoms with Crippen molar-refractivity contribution in [3.05, 3.63) is 65.7 Å². The number of aromatic nitrogens is 3. The molecule has 0 fully saturated rings. The Bertz CT molecular complexity index is 1010. The van der Waals surface area contributed by atoms with E-state index in [1.807, 2.05) is 44.2 Å². The minimum atomic E-state index is -4.76. The maximum absolute atomic E-state index is 12.5. The van der Waals surface area contributed by atoms with Crippen molar-refractivity contribution in [2.24, 2.45) is 0 Å². The third-order valence-corrected chi connectivity index (χ3v) is 3.67. The van der Waals surface area contributed by atoms with Crippen molar-refractivity contribution in [1.29, 1.82) is 0 Å². The second-order valence-electron chi connectivity index (χ2n) is 6.21. The Balaban J connectivity index is 0.00000107. The number of halogens is 3. The SMILES string of the molecule is CC.COC.O=C(CNC(=O)c1ccc(-c2noc(C(F)(F)F)n2)nc1)NCc1ccccc1. The number of rotatable bonds is 6. The maximum Gasteiger partial charge on any atom is 0.471 e. The van der Waals surface area contributed by atoms with Crippen LogP contribution in [0.5, 0.6) is 0 Å². The van der Waals surface area contributed by atoms with Gasteiger partial charge in [-0.3, -0.25) is 14.6 Å². The topological polar surface area (TPSA) is 119 Å². The molecule has 12 heteroatoms. The molecular formula is C22H26F3N5O4. The molecule has 2 N–H and O–H groups in total. The molecule has 0 aliphatic heterocycles. The molecule has 3 rings (SSSR count). The van der Waals surface area contributed by atoms with E-state index in [0.29, 0.717) is 6.54 Å². The first-order chi connectivity index (χ1) is 16.2. The van der Waals surface area contributed by atoms with Crippen molar-refractivity contribution >= 4 is 11.8 Å². The lowest BCUT2D eigenvalue weighted by Crippen LogP contribution is -2.36. The second-order valence-corrected chi connectivity index (χ2v) is 6.21. The Morgan fingerprint density at radius 2 is 1.68 bits per heavy atom. The van der Waals surface area contributed by atoms with Crippen molar-refractivity contribution in [2.75, 3.05) is 20.8 Å². The van der Waals surface area contributed by atoms with E-state index >= 15 is 0 Å². The van der Waals surface area contributed by atoms with E-state index in [9.17, 15) is 22.8 Å². The van der Waals surface area contributed by atoms with E-state index in [0.717, 1.165) is 11.8 Å². The minimum absolute atomic E-state index is 0.00130. The average molecular weight is 481 g/mol. The standard InChI is InChI=1S/C18H14F3N5O3.C2H6O.C2H6/c19-18(20,21)17-25-15(26-29-17)13-7-6-12(9-22-13)16(28)24-10-14(27)23-8-11-4-2-1-3-5-11;1-3-2;1-2/h1-7,9H,8,10H2,(H,23,27)(H,24,28);1-2H3;1-2H3. The quantitative estimate of drug-likeness (QED) is 0.553. The van der Waals surface area contributed by atoms with Gasteiger partial charge in [-0.15, -0.1) is 0 Å². The van der Waals surface area contributed by atoms with Gasteiger partial charge >= 0.3 is 12.1 Å². The summed E-state index contributed by atoms with van der Waals surface area (Å²) in [6.07, 6.45) is -3.62. The molecule has 3 aromatic rings. The number of alkyl halides is 3. The Morgan fingerprint density at radius 3 is 2.21 bits per heavy atom. The van der Waals surface area contributed by atoms with Crippen LogP contribution >= 0.6 is 0 Å². The highest BCUT2D eigenvalue weighted by atomic mass is 19.4. The van der Waals surface area contributed by atoms with Crippen molar-refractivity contribution in [3.8, 4) is 11.5 Å². The van der Waals surface area contributed by atoms with Crippen LogP contribution in [0.4, 0.5) is 13.2 Å². The van der Waals surface area contributed by atoms with Gasteiger partial charge in [-0.1, -0.05) is 49.3 Å². The number of nitrogens with zero attached hydrogens (tertiary/aromatic N) is 3. The number of amides is 2. The number of benzene rings is 1. The third kappa shape index (κ3) is 9.36. The summed E-state index contributed by atoms with van der Waals surface area (Å²) >= 11 is 0. The molecule has 1 aromatic carbocycles. The zero-order valence-corrected chi connectivity index (χ0v) is 19.1. The summed E-state index contributed by atoms with van der Waals surface area (Å²) in [6, 6.07) is 11.9. The van der Waals surface area contributed by atoms with Crippen LogP contribution in [0.2, 0.25) is 0 Å². The van der Waals surface area contributed by atoms with Crippen LogP contribution < -0.4 is 10.6 Å². The minimum Gasteiger partial charge on any atom is -0.388 e. The maximum atomic E-state index is 12.5. The van der Waals surface area contributed by atoms with E-state index in [2.05, 4.69) is 35.0 Å². The molecule has 34 heavy (non-hydrogen) atoms. The number of hydrogen-bond donors (Lipinski definition) is 2. The van der Waals surface area contributed by atoms with Crippen LogP contribution in [0.15, 0.2) is 53.2 Å². The highest BCUT2D eigenvalue weighted by molar-refractivity contribution is 5.96. The van der Waals surface area contributed by atoms with Crippen LogP contribution in [-0.4, -0.2) is 47.7 Å². The summed E-state index contributed by atoms with van der Waals surface area (Å²) in [5.74, 6) is -2.79. The van der Waals surface area contributed by atoms with Gasteiger partial charge in [0.25, 0.3) is 5.91 Å². The lowest BCUT2D eigenvalue weighted by Gasteiger charge is -2.07. The van der Waals surface area contributed by atoms with Gasteiger partial charge in [-0.2, -0.15) is 18.2 Å². The third-order valence-electron chi connectivity index (χ3n) is 3.67. The molecule has 2 aromatic heterocycles. The van der Waals surface area contributed by atoms with Crippen molar-refractivity contribution < 1.29 is 32.0 Å². The molecule has 0 aliphatic carbocycles. The van der Waals surface area contributed by atoms with Crippen molar-refractivity contribution in [2.45, 2.75) is 26.6 Å². The van der Waals surface area contributed by atoms with Crippen LogP contribution in [0.3, 0.4) is 0 Å². The fraction of sp³-hybridized carbons (Fsp3) is 0.318. The summed E-state index contributed by atoms with van der Waals surface area (Å²) in [5.41, 5.74) is 1.03. The zero-order valence-electron chi connectivity index (χ0n) is 19.1. The first-order valence-corrected chi connectivity index (χ1v) is 10.1. The number of carbonyl (C=O) groups excluding carboxylic acids is 2. The molecular weight excluding hydrogens is 455 g/mol. The Morgan fingerprint density at radius 1 is 1.03 bits per heavy atom. The van der Waals surface area contributed by atoms with Crippen LogP contribution in [0.1, 0.15) is 35.7 Å². The van der Waals surface area contributed by atoms with E-state index in [-0.39, 0.29) is 29.5 Å². The molecule has 0 unspecified atom stereocenters. The monoisotopic (exact) mass is 481 g/mol. The number of hydrogen-bond acceptors (Lipinski definition) is 7. The molecule has 0 spiro atoms. The number of nitrogens with one attached hydrogen (secondary N) is 2. The van der Waals surface area contributed by atoms with Gasteiger partial charge in [-0.05, 0) is 17.7 Å². The number of carbonyl (C=O) groups is 2. The van der Waals surface area contributed by atoms with Gasteiger partial charge in [-0.25, -0.2) is 0 Å². The number of pyridine rings is 1. The summed E-state index contributed by atoms with van der Waals surface area (Å²) in [7, 11) is 3.25. The second kappa shape index (κ2) is 14.4. The smallest absolute Gasteiger partial charge is 0.388 e. The van der Waals surface area contributed by atoms with E-state index in [1.54, 1.807) is 14.2 Å². The highest BCUT2D eigenvalue weighted by Gasteiger charge is 2.38. The molecule has 0 saturated carbocycles. The molecule has 184 valence electrons. The fourth-order valence-corrected chi connectivity index (χ4v) is 2.22. The van der Waals surface area contributed by atoms with E-state index in [1.165, 1.54) is 12.1 Å². The first-order valence-electron chi connectivity index (χ1n) is 10.1. The molecule has 2 amide bonds. The van der Waals surface area contributed by atoms with Crippen molar-refractivity contribution in [3.63, 3.8) is 0 Å². The Labute approximate surface area is 194 Å². The molecule has 2 heterocycles. The van der Waals surface area contributed by atoms with Gasteiger partial charge in [0.1, 0.15) is 5.69 Å². The molecule has 0 radical (unpaired) electrons. The Hall–Kier alpha value is -3.80. The first kappa shape index (κ1) is 28.2. The molecule has 9 nitrogen and oxygen atoms in total. The highest BCUT2D eigenvalue weighted by Crippen LogP contribution is 2.28. The Kier molecular flexibility index (Phi) is 11.9. The average Bonchev–Trinajstić information content (AvgIpc) is 3.35. The lowest BCUT2D eigenvalue weighted by molar-refractivity contribution is -0.159. The number of methoxy groups -OCH3 is 1. The zero-order chi connectivity index (χ0) is 25.6. The summed E-state index contributed by atoms with van der Waals surface area (Å²) in [5, 5.41) is 8.30. The van der Waals surface area contributed by atoms with E-state index in [4.69, 9.17) is 0 Å². The van der Waals surface area contributed by atoms with Gasteiger partial charge in [0.05, 0.1) is 12.1 Å². The predicted octanol–water partition coefficient (Wildman–Crippen LogP) is 3.49. The fourth-order valence-electron chi connectivity index (χ4n) is 2.22. The van der Waals surface area contributed by atoms with E-state index < -0.39 is 18.0 Å². The summed E-state index contributed by atoms with van der Waals surface area (Å²) in [4.78, 5) is 31.0. The van der Waals surface area contributed by atoms with Gasteiger partial charge < -0.3 is 19.9 Å². The summed E-state index contributed by atoms with van der Waals surface area (Å²) in [6.45, 7) is 4.09. The van der Waals surface area contributed by atoms with Crippen molar-refractivity contribution in [1.82, 2.24) is 25.8 Å².